The largest absolute Gasteiger partial charge is 0.480 e. The summed E-state index contributed by atoms with van der Waals surface area (Å²) in [6, 6.07) is 3.86. The number of carbonyl (C=O) groups excluding carboxylic acids is 3. The third kappa shape index (κ3) is 10.3. The summed E-state index contributed by atoms with van der Waals surface area (Å²) in [7, 11) is 0. The van der Waals surface area contributed by atoms with E-state index in [0.717, 1.165) is 16.5 Å². The number of para-hydroxylation sites is 1. The number of aromatic amines is 1. The van der Waals surface area contributed by atoms with Gasteiger partial charge in [-0.2, -0.15) is 0 Å². The summed E-state index contributed by atoms with van der Waals surface area (Å²) in [4.78, 5) is 54.4. The van der Waals surface area contributed by atoms with E-state index >= 15 is 0 Å². The standard InChI is InChI=1S/C29H46N6O5/c1-17(2)13-24(28(38)35-25(29(39)40)14-18(3)4)34-27(37)23(11-7-8-12-30)33-26(36)21(31)15-19-16-32-22-10-6-5-9-20(19)22/h5-6,9-10,16-18,21,23-25,32H,7-8,11-15,30-31H2,1-4H3,(H,33,36)(H,34,37)(H,35,38)(H,39,40). The third-order valence-electron chi connectivity index (χ3n) is 6.69. The first kappa shape index (κ1) is 32.8. The Kier molecular flexibility index (Phi) is 13.1. The van der Waals surface area contributed by atoms with Crippen LogP contribution in [0.1, 0.15) is 65.4 Å². The molecule has 0 aliphatic rings. The Bertz CT molecular complexity index is 1130. The maximum atomic E-state index is 13.4. The first-order valence-electron chi connectivity index (χ1n) is 14.1. The van der Waals surface area contributed by atoms with Gasteiger partial charge in [-0.25, -0.2) is 4.79 Å². The molecule has 0 saturated carbocycles. The van der Waals surface area contributed by atoms with Gasteiger partial charge in [0.05, 0.1) is 6.04 Å². The fourth-order valence-electron chi connectivity index (χ4n) is 4.61. The molecule has 1 aromatic heterocycles. The average Bonchev–Trinajstić information content (AvgIpc) is 3.29. The predicted molar refractivity (Wildman–Crippen MR) is 155 cm³/mol. The molecule has 4 atom stereocenters. The first-order chi connectivity index (χ1) is 18.9. The van der Waals surface area contributed by atoms with E-state index in [4.69, 9.17) is 11.5 Å². The van der Waals surface area contributed by atoms with Gasteiger partial charge in [-0.05, 0) is 68.5 Å². The minimum atomic E-state index is -1.13. The predicted octanol–water partition coefficient (Wildman–Crippen LogP) is 1.80. The molecule has 0 saturated heterocycles. The Morgan fingerprint density at radius 1 is 0.850 bits per heavy atom. The number of rotatable bonds is 17. The van der Waals surface area contributed by atoms with E-state index in [9.17, 15) is 24.3 Å². The number of aromatic nitrogens is 1. The lowest BCUT2D eigenvalue weighted by Gasteiger charge is -2.26. The van der Waals surface area contributed by atoms with Crippen LogP contribution < -0.4 is 27.4 Å². The number of aliphatic carboxylic acids is 1. The molecule has 2 rings (SSSR count). The summed E-state index contributed by atoms with van der Waals surface area (Å²) in [5.74, 6) is -2.62. The van der Waals surface area contributed by atoms with Crippen molar-refractivity contribution in [3.8, 4) is 0 Å². The Labute approximate surface area is 236 Å². The second kappa shape index (κ2) is 16.0. The van der Waals surface area contributed by atoms with Gasteiger partial charge in [-0.3, -0.25) is 14.4 Å². The van der Waals surface area contributed by atoms with Crippen molar-refractivity contribution >= 4 is 34.6 Å². The van der Waals surface area contributed by atoms with Crippen LogP contribution in [-0.4, -0.2) is 64.5 Å². The second-order valence-electron chi connectivity index (χ2n) is 11.2. The maximum absolute atomic E-state index is 13.4. The molecule has 0 aliphatic carbocycles. The van der Waals surface area contributed by atoms with Gasteiger partial charge in [0.2, 0.25) is 17.7 Å². The van der Waals surface area contributed by atoms with Crippen molar-refractivity contribution in [1.29, 1.82) is 0 Å². The van der Waals surface area contributed by atoms with Gasteiger partial charge in [-0.1, -0.05) is 45.9 Å². The van der Waals surface area contributed by atoms with Crippen molar-refractivity contribution < 1.29 is 24.3 Å². The number of benzene rings is 1. The van der Waals surface area contributed by atoms with Crippen LogP contribution >= 0.6 is 0 Å². The average molecular weight is 559 g/mol. The summed E-state index contributed by atoms with van der Waals surface area (Å²) in [5, 5.41) is 18.6. The van der Waals surface area contributed by atoms with Gasteiger partial charge in [0.15, 0.2) is 0 Å². The molecule has 1 heterocycles. The van der Waals surface area contributed by atoms with Crippen molar-refractivity contribution in [2.24, 2.45) is 23.3 Å². The van der Waals surface area contributed by atoms with Crippen LogP contribution in [0.25, 0.3) is 10.9 Å². The fraction of sp³-hybridized carbons (Fsp3) is 0.586. The van der Waals surface area contributed by atoms with Crippen LogP contribution in [0, 0.1) is 11.8 Å². The zero-order valence-corrected chi connectivity index (χ0v) is 24.0. The van der Waals surface area contributed by atoms with Gasteiger partial charge in [0, 0.05) is 17.1 Å². The number of hydrogen-bond donors (Lipinski definition) is 7. The van der Waals surface area contributed by atoms with Crippen molar-refractivity contribution in [1.82, 2.24) is 20.9 Å². The van der Waals surface area contributed by atoms with Crippen molar-refractivity contribution in [2.45, 2.75) is 90.4 Å². The molecule has 2 aromatic rings. The van der Waals surface area contributed by atoms with Gasteiger partial charge < -0.3 is 37.5 Å². The number of fused-ring (bicyclic) bond motifs is 1. The highest BCUT2D eigenvalue weighted by Crippen LogP contribution is 2.19. The smallest absolute Gasteiger partial charge is 0.326 e. The number of amides is 3. The van der Waals surface area contributed by atoms with Gasteiger partial charge in [-0.15, -0.1) is 0 Å². The van der Waals surface area contributed by atoms with Gasteiger partial charge in [0.25, 0.3) is 0 Å². The number of H-pyrrole nitrogens is 1. The summed E-state index contributed by atoms with van der Waals surface area (Å²) in [6.07, 6.45) is 4.22. The topological polar surface area (TPSA) is 192 Å². The third-order valence-corrected chi connectivity index (χ3v) is 6.69. The Balaban J connectivity index is 2.14. The molecule has 222 valence electrons. The van der Waals surface area contributed by atoms with Gasteiger partial charge in [0.1, 0.15) is 18.1 Å². The van der Waals surface area contributed by atoms with E-state index < -0.39 is 47.9 Å². The zero-order valence-electron chi connectivity index (χ0n) is 24.0. The normalized spacial score (nSPS) is 14.5. The van der Waals surface area contributed by atoms with Gasteiger partial charge >= 0.3 is 5.97 Å². The molecule has 0 radical (unpaired) electrons. The van der Waals surface area contributed by atoms with Crippen LogP contribution in [0.3, 0.4) is 0 Å². The highest BCUT2D eigenvalue weighted by Gasteiger charge is 2.31. The monoisotopic (exact) mass is 558 g/mol. The number of nitrogens with two attached hydrogens (primary N) is 2. The number of unbranched alkanes of at least 4 members (excludes halogenated alkanes) is 1. The Hall–Kier alpha value is -3.44. The number of carboxylic acids is 1. The van der Waals surface area contributed by atoms with Crippen LogP contribution in [-0.2, 0) is 25.6 Å². The van der Waals surface area contributed by atoms with E-state index in [1.807, 2.05) is 58.2 Å². The van der Waals surface area contributed by atoms with E-state index in [0.29, 0.717) is 32.2 Å². The zero-order chi connectivity index (χ0) is 29.8. The molecule has 11 heteroatoms. The molecule has 11 nitrogen and oxygen atoms in total. The van der Waals surface area contributed by atoms with Crippen LogP contribution in [0.2, 0.25) is 0 Å². The van der Waals surface area contributed by atoms with Crippen molar-refractivity contribution in [2.75, 3.05) is 6.54 Å². The van der Waals surface area contributed by atoms with E-state index in [1.165, 1.54) is 0 Å². The number of nitrogens with one attached hydrogen (secondary N) is 4. The molecule has 0 aliphatic heterocycles. The first-order valence-corrected chi connectivity index (χ1v) is 14.1. The number of carbonyl (C=O) groups is 4. The molecule has 0 bridgehead atoms. The lowest BCUT2D eigenvalue weighted by atomic mass is 9.99. The molecule has 3 amide bonds. The van der Waals surface area contributed by atoms with Crippen molar-refractivity contribution in [3.05, 3.63) is 36.0 Å². The number of hydrogen-bond acceptors (Lipinski definition) is 6. The Morgan fingerprint density at radius 3 is 2.05 bits per heavy atom. The maximum Gasteiger partial charge on any atom is 0.326 e. The molecule has 1 aromatic carbocycles. The Morgan fingerprint density at radius 2 is 1.43 bits per heavy atom. The van der Waals surface area contributed by atoms with Crippen LogP contribution in [0.15, 0.2) is 30.5 Å². The lowest BCUT2D eigenvalue weighted by molar-refractivity contribution is -0.143. The fourth-order valence-corrected chi connectivity index (χ4v) is 4.61. The summed E-state index contributed by atoms with van der Waals surface area (Å²) >= 11 is 0. The highest BCUT2D eigenvalue weighted by molar-refractivity contribution is 5.94. The molecule has 4 unspecified atom stereocenters. The van der Waals surface area contributed by atoms with Crippen LogP contribution in [0.4, 0.5) is 0 Å². The van der Waals surface area contributed by atoms with E-state index in [-0.39, 0.29) is 24.7 Å². The minimum Gasteiger partial charge on any atom is -0.480 e. The lowest BCUT2D eigenvalue weighted by Crippen LogP contribution is -2.57. The summed E-state index contributed by atoms with van der Waals surface area (Å²) in [6.45, 7) is 7.98. The van der Waals surface area contributed by atoms with Crippen molar-refractivity contribution in [3.63, 3.8) is 0 Å². The molecular formula is C29H46N6O5. The molecule has 0 spiro atoms. The number of carboxylic acid groups (broad SMARTS) is 1. The molecule has 40 heavy (non-hydrogen) atoms. The molecule has 9 N–H and O–H groups in total. The second-order valence-corrected chi connectivity index (χ2v) is 11.2. The minimum absolute atomic E-state index is 0.0410. The summed E-state index contributed by atoms with van der Waals surface area (Å²) in [5.41, 5.74) is 13.7. The molecule has 0 fully saturated rings. The molecular weight excluding hydrogens is 512 g/mol. The van der Waals surface area contributed by atoms with Crippen LogP contribution in [0.5, 0.6) is 0 Å². The summed E-state index contributed by atoms with van der Waals surface area (Å²) < 4.78 is 0. The SMILES string of the molecule is CC(C)CC(NC(=O)C(CC(C)C)NC(=O)C(CCCCN)NC(=O)C(N)Cc1c[nH]c2ccccc12)C(=O)O. The van der Waals surface area contributed by atoms with E-state index in [1.54, 1.807) is 0 Å². The quantitative estimate of drug-likeness (QED) is 0.144. The van der Waals surface area contributed by atoms with E-state index in [2.05, 4.69) is 20.9 Å². The highest BCUT2D eigenvalue weighted by atomic mass is 16.4.